The highest BCUT2D eigenvalue weighted by atomic mass is 16.5. The summed E-state index contributed by atoms with van der Waals surface area (Å²) in [7, 11) is 1.70. The number of carboxylic acid groups (broad SMARTS) is 1. The molecule has 1 fully saturated rings. The van der Waals surface area contributed by atoms with Crippen LogP contribution in [0.5, 0.6) is 0 Å². The van der Waals surface area contributed by atoms with Gasteiger partial charge < -0.3 is 9.84 Å². The van der Waals surface area contributed by atoms with Crippen molar-refractivity contribution in [3.8, 4) is 0 Å². The molecule has 1 aromatic carbocycles. The third kappa shape index (κ3) is 2.50. The standard InChI is InChI=1S/C14H18O3/c1-17-10-2-3-11-4-6-12(7-5-11)14(8-9-14)13(15)16/h4-7H,2-3,8-10H2,1H3,(H,15,16). The number of hydrogen-bond acceptors (Lipinski definition) is 2. The van der Waals surface area contributed by atoms with Crippen molar-refractivity contribution in [2.24, 2.45) is 0 Å². The Bertz CT molecular complexity index is 390. The molecule has 3 heteroatoms. The van der Waals surface area contributed by atoms with Crippen LogP contribution in [0.15, 0.2) is 24.3 Å². The quantitative estimate of drug-likeness (QED) is 0.769. The highest BCUT2D eigenvalue weighted by Crippen LogP contribution is 2.48. The van der Waals surface area contributed by atoms with Crippen LogP contribution in [0.1, 0.15) is 30.4 Å². The minimum atomic E-state index is -0.690. The van der Waals surface area contributed by atoms with Crippen LogP contribution in [-0.2, 0) is 21.4 Å². The summed E-state index contributed by atoms with van der Waals surface area (Å²) in [5.74, 6) is -0.690. The van der Waals surface area contributed by atoms with Crippen LogP contribution in [0.2, 0.25) is 0 Å². The van der Waals surface area contributed by atoms with Crippen LogP contribution < -0.4 is 0 Å². The van der Waals surface area contributed by atoms with E-state index in [1.54, 1.807) is 7.11 Å². The smallest absolute Gasteiger partial charge is 0.314 e. The Labute approximate surface area is 101 Å². The number of carboxylic acids is 1. The zero-order valence-electron chi connectivity index (χ0n) is 10.1. The topological polar surface area (TPSA) is 46.5 Å². The summed E-state index contributed by atoms with van der Waals surface area (Å²) < 4.78 is 5.01. The summed E-state index contributed by atoms with van der Waals surface area (Å²) in [5.41, 5.74) is 1.61. The van der Waals surface area contributed by atoms with Crippen molar-refractivity contribution in [3.63, 3.8) is 0 Å². The number of ether oxygens (including phenoxy) is 1. The summed E-state index contributed by atoms with van der Waals surface area (Å²) >= 11 is 0. The predicted octanol–water partition coefficient (Wildman–Crippen LogP) is 2.38. The van der Waals surface area contributed by atoms with E-state index < -0.39 is 11.4 Å². The normalized spacial score (nSPS) is 16.8. The molecule has 0 aliphatic heterocycles. The van der Waals surface area contributed by atoms with Crippen molar-refractivity contribution >= 4 is 5.97 Å². The molecule has 92 valence electrons. The van der Waals surface area contributed by atoms with Gasteiger partial charge in [-0.15, -0.1) is 0 Å². The summed E-state index contributed by atoms with van der Waals surface area (Å²) in [6, 6.07) is 7.99. The van der Waals surface area contributed by atoms with Crippen LogP contribution in [0.25, 0.3) is 0 Å². The summed E-state index contributed by atoms with van der Waals surface area (Å²) in [5, 5.41) is 9.18. The zero-order valence-corrected chi connectivity index (χ0v) is 10.1. The molecule has 17 heavy (non-hydrogen) atoms. The molecule has 0 saturated heterocycles. The van der Waals surface area contributed by atoms with Crippen molar-refractivity contribution < 1.29 is 14.6 Å². The molecular formula is C14H18O3. The lowest BCUT2D eigenvalue weighted by Crippen LogP contribution is -2.19. The van der Waals surface area contributed by atoms with Crippen molar-refractivity contribution in [1.29, 1.82) is 0 Å². The minimum Gasteiger partial charge on any atom is -0.481 e. The second kappa shape index (κ2) is 4.88. The summed E-state index contributed by atoms with van der Waals surface area (Å²) in [4.78, 5) is 11.2. The van der Waals surface area contributed by atoms with E-state index in [4.69, 9.17) is 4.74 Å². The first-order valence-electron chi connectivity index (χ1n) is 6.01. The van der Waals surface area contributed by atoms with Gasteiger partial charge in [0.25, 0.3) is 0 Å². The van der Waals surface area contributed by atoms with Crippen LogP contribution in [0.3, 0.4) is 0 Å². The fourth-order valence-corrected chi connectivity index (χ4v) is 2.16. The van der Waals surface area contributed by atoms with E-state index >= 15 is 0 Å². The van der Waals surface area contributed by atoms with Gasteiger partial charge in [0.1, 0.15) is 0 Å². The molecule has 0 atom stereocenters. The van der Waals surface area contributed by atoms with Crippen molar-refractivity contribution in [1.82, 2.24) is 0 Å². The second-order valence-corrected chi connectivity index (χ2v) is 4.68. The van der Waals surface area contributed by atoms with Gasteiger partial charge >= 0.3 is 5.97 Å². The predicted molar refractivity (Wildman–Crippen MR) is 65.2 cm³/mol. The number of benzene rings is 1. The van der Waals surface area contributed by atoms with E-state index in [9.17, 15) is 9.90 Å². The average molecular weight is 234 g/mol. The van der Waals surface area contributed by atoms with Crippen molar-refractivity contribution in [2.45, 2.75) is 31.1 Å². The van der Waals surface area contributed by atoms with Crippen molar-refractivity contribution in [3.05, 3.63) is 35.4 Å². The molecule has 3 nitrogen and oxygen atoms in total. The number of hydrogen-bond donors (Lipinski definition) is 1. The van der Waals surface area contributed by atoms with Gasteiger partial charge in [-0.1, -0.05) is 24.3 Å². The third-order valence-electron chi connectivity index (χ3n) is 3.48. The van der Waals surface area contributed by atoms with E-state index in [-0.39, 0.29) is 0 Å². The van der Waals surface area contributed by atoms with Gasteiger partial charge in [-0.05, 0) is 36.8 Å². The van der Waals surface area contributed by atoms with Gasteiger partial charge in [0, 0.05) is 13.7 Å². The Hall–Kier alpha value is -1.35. The SMILES string of the molecule is COCCCc1ccc(C2(C(=O)O)CC2)cc1. The van der Waals surface area contributed by atoms with Gasteiger partial charge in [0.2, 0.25) is 0 Å². The molecule has 0 spiro atoms. The highest BCUT2D eigenvalue weighted by molar-refractivity contribution is 5.84. The highest BCUT2D eigenvalue weighted by Gasteiger charge is 2.51. The van der Waals surface area contributed by atoms with E-state index in [1.807, 2.05) is 24.3 Å². The van der Waals surface area contributed by atoms with Crippen LogP contribution in [0.4, 0.5) is 0 Å². The van der Waals surface area contributed by atoms with Crippen molar-refractivity contribution in [2.75, 3.05) is 13.7 Å². The summed E-state index contributed by atoms with van der Waals surface area (Å²) in [6.45, 7) is 0.765. The first-order chi connectivity index (χ1) is 8.19. The Morgan fingerprint density at radius 3 is 2.47 bits per heavy atom. The second-order valence-electron chi connectivity index (χ2n) is 4.68. The van der Waals surface area contributed by atoms with Crippen LogP contribution in [0, 0.1) is 0 Å². The fourth-order valence-electron chi connectivity index (χ4n) is 2.16. The molecule has 0 bridgehead atoms. The van der Waals surface area contributed by atoms with Gasteiger partial charge in [-0.25, -0.2) is 0 Å². The Morgan fingerprint density at radius 1 is 1.35 bits per heavy atom. The number of methoxy groups -OCH3 is 1. The molecule has 1 saturated carbocycles. The molecule has 0 heterocycles. The van der Waals surface area contributed by atoms with Gasteiger partial charge in [0.05, 0.1) is 5.41 Å². The lowest BCUT2D eigenvalue weighted by atomic mass is 9.94. The maximum absolute atomic E-state index is 11.2. The van der Waals surface area contributed by atoms with E-state index in [0.29, 0.717) is 0 Å². The number of rotatable bonds is 6. The van der Waals surface area contributed by atoms with Crippen LogP contribution >= 0.6 is 0 Å². The Morgan fingerprint density at radius 2 is 2.00 bits per heavy atom. The van der Waals surface area contributed by atoms with E-state index in [1.165, 1.54) is 5.56 Å². The lowest BCUT2D eigenvalue weighted by Gasteiger charge is -2.10. The molecule has 1 N–H and O–H groups in total. The average Bonchev–Trinajstić information content (AvgIpc) is 3.11. The van der Waals surface area contributed by atoms with Crippen LogP contribution in [-0.4, -0.2) is 24.8 Å². The van der Waals surface area contributed by atoms with Gasteiger partial charge in [-0.3, -0.25) is 4.79 Å². The molecule has 1 aromatic rings. The van der Waals surface area contributed by atoms with Gasteiger partial charge in [0.15, 0.2) is 0 Å². The minimum absolute atomic E-state index is 0.578. The molecule has 1 aliphatic carbocycles. The molecule has 0 aromatic heterocycles. The van der Waals surface area contributed by atoms with Gasteiger partial charge in [-0.2, -0.15) is 0 Å². The number of carbonyl (C=O) groups is 1. The maximum atomic E-state index is 11.2. The number of aliphatic carboxylic acids is 1. The molecule has 1 aliphatic rings. The maximum Gasteiger partial charge on any atom is 0.314 e. The molecule has 0 radical (unpaired) electrons. The monoisotopic (exact) mass is 234 g/mol. The fraction of sp³-hybridized carbons (Fsp3) is 0.500. The molecular weight excluding hydrogens is 216 g/mol. The largest absolute Gasteiger partial charge is 0.481 e. The molecule has 0 unspecified atom stereocenters. The lowest BCUT2D eigenvalue weighted by molar-refractivity contribution is -0.140. The Kier molecular flexibility index (Phi) is 3.48. The van der Waals surface area contributed by atoms with E-state index in [2.05, 4.69) is 0 Å². The molecule has 2 rings (SSSR count). The number of aryl methyl sites for hydroxylation is 1. The Balaban J connectivity index is 2.01. The first-order valence-corrected chi connectivity index (χ1v) is 6.01. The zero-order chi connectivity index (χ0) is 12.3. The molecule has 0 amide bonds. The third-order valence-corrected chi connectivity index (χ3v) is 3.48. The summed E-state index contributed by atoms with van der Waals surface area (Å²) in [6.07, 6.45) is 3.52. The van der Waals surface area contributed by atoms with E-state index in [0.717, 1.165) is 37.9 Å². The first kappa shape index (κ1) is 12.1.